The number of hydrogen-bond donors (Lipinski definition) is 1. The fourth-order valence-electron chi connectivity index (χ4n) is 4.68. The Balaban J connectivity index is 1.49. The van der Waals surface area contributed by atoms with Crippen LogP contribution in [-0.2, 0) is 10.5 Å². The van der Waals surface area contributed by atoms with Crippen molar-refractivity contribution in [2.45, 2.75) is 62.9 Å². The molecule has 136 valence electrons. The van der Waals surface area contributed by atoms with Crippen LogP contribution in [0.15, 0.2) is 36.4 Å². The number of hydrogen-bond acceptors (Lipinski definition) is 2. The van der Waals surface area contributed by atoms with Gasteiger partial charge in [0.05, 0.1) is 0 Å². The smallest absolute Gasteiger partial charge is 0.303 e. The summed E-state index contributed by atoms with van der Waals surface area (Å²) in [6.07, 6.45) is 11.9. The second kappa shape index (κ2) is 8.93. The van der Waals surface area contributed by atoms with Crippen molar-refractivity contribution in [3.8, 4) is 0 Å². The van der Waals surface area contributed by atoms with E-state index in [2.05, 4.69) is 55.1 Å². The number of aliphatic carboxylic acids is 1. The molecule has 0 saturated heterocycles. The Kier molecular flexibility index (Phi) is 6.63. The number of thioether (sulfide) groups is 1. The number of fused-ring (bicyclic) bond motifs is 2. The molecule has 0 radical (unpaired) electrons. The van der Waals surface area contributed by atoms with Gasteiger partial charge in [0.25, 0.3) is 0 Å². The molecule has 0 aromatic heterocycles. The lowest BCUT2D eigenvalue weighted by Crippen LogP contribution is -2.24. The fraction of sp³-hybridized carbons (Fsp3) is 0.591. The Hall–Kier alpha value is -1.22. The summed E-state index contributed by atoms with van der Waals surface area (Å²) in [5.74, 6) is 3.11. The van der Waals surface area contributed by atoms with Crippen LogP contribution in [-0.4, -0.2) is 16.3 Å². The van der Waals surface area contributed by atoms with E-state index in [1.165, 1.54) is 36.8 Å². The van der Waals surface area contributed by atoms with Gasteiger partial charge in [-0.3, -0.25) is 4.79 Å². The predicted molar refractivity (Wildman–Crippen MR) is 106 cm³/mol. The van der Waals surface area contributed by atoms with Crippen molar-refractivity contribution in [3.05, 3.63) is 47.5 Å². The number of rotatable bonds is 9. The lowest BCUT2D eigenvalue weighted by atomic mass is 9.86. The molecule has 2 nitrogen and oxygen atoms in total. The van der Waals surface area contributed by atoms with E-state index in [0.29, 0.717) is 0 Å². The van der Waals surface area contributed by atoms with Crippen LogP contribution in [0.3, 0.4) is 0 Å². The van der Waals surface area contributed by atoms with Crippen LogP contribution in [0.4, 0.5) is 0 Å². The zero-order chi connectivity index (χ0) is 17.6. The standard InChI is InChI=1S/C22H30O2S/c1-16-7-6-8-17(13-16)15-25-22-19-12-11-18(14-19)20(22)9-4-2-3-5-10-21(23)24/h2,4,6-8,13,18-20,22H,3,5,9-12,14-15H2,1H3,(H,23,24)/t18-,19+,20-,22+/m1/s1. The Bertz CT molecular complexity index is 610. The van der Waals surface area contributed by atoms with Crippen LogP contribution in [0.2, 0.25) is 0 Å². The van der Waals surface area contributed by atoms with Crippen LogP contribution in [0, 0.1) is 24.7 Å². The van der Waals surface area contributed by atoms with Gasteiger partial charge in [-0.15, -0.1) is 0 Å². The lowest BCUT2D eigenvalue weighted by molar-refractivity contribution is -0.137. The minimum absolute atomic E-state index is 0.285. The largest absolute Gasteiger partial charge is 0.481 e. The highest BCUT2D eigenvalue weighted by atomic mass is 32.2. The van der Waals surface area contributed by atoms with Gasteiger partial charge in [0.2, 0.25) is 0 Å². The Morgan fingerprint density at radius 2 is 2.12 bits per heavy atom. The average molecular weight is 359 g/mol. The van der Waals surface area contributed by atoms with E-state index in [-0.39, 0.29) is 6.42 Å². The number of unbranched alkanes of at least 4 members (excludes halogenated alkanes) is 1. The molecule has 3 heteroatoms. The summed E-state index contributed by atoms with van der Waals surface area (Å²) in [6.45, 7) is 2.17. The van der Waals surface area contributed by atoms with Crippen LogP contribution >= 0.6 is 11.8 Å². The molecule has 2 saturated carbocycles. The van der Waals surface area contributed by atoms with Gasteiger partial charge < -0.3 is 5.11 Å². The topological polar surface area (TPSA) is 37.3 Å². The summed E-state index contributed by atoms with van der Waals surface area (Å²) in [6, 6.07) is 8.91. The normalized spacial score (nSPS) is 28.0. The molecule has 0 heterocycles. The second-order valence-electron chi connectivity index (χ2n) is 7.75. The molecular formula is C22H30O2S. The third kappa shape index (κ3) is 5.13. The molecule has 3 rings (SSSR count). The van der Waals surface area contributed by atoms with Crippen LogP contribution < -0.4 is 0 Å². The van der Waals surface area contributed by atoms with Gasteiger partial charge >= 0.3 is 5.97 Å². The van der Waals surface area contributed by atoms with Crippen molar-refractivity contribution in [3.63, 3.8) is 0 Å². The third-order valence-electron chi connectivity index (χ3n) is 5.87. The predicted octanol–water partition coefficient (Wildman–Crippen LogP) is 5.84. The summed E-state index contributed by atoms with van der Waals surface area (Å²) in [7, 11) is 0. The molecule has 0 spiro atoms. The third-order valence-corrected chi connectivity index (χ3v) is 7.49. The maximum atomic E-state index is 10.6. The van der Waals surface area contributed by atoms with Gasteiger partial charge in [0.15, 0.2) is 0 Å². The Labute approximate surface area is 156 Å². The van der Waals surface area contributed by atoms with E-state index in [9.17, 15) is 4.79 Å². The van der Waals surface area contributed by atoms with Crippen molar-refractivity contribution >= 4 is 17.7 Å². The molecule has 0 unspecified atom stereocenters. The van der Waals surface area contributed by atoms with E-state index in [1.807, 2.05) is 0 Å². The van der Waals surface area contributed by atoms with Crippen molar-refractivity contribution in [2.75, 3.05) is 0 Å². The minimum atomic E-state index is -0.686. The quantitative estimate of drug-likeness (QED) is 0.445. The van der Waals surface area contributed by atoms with Gasteiger partial charge in [-0.2, -0.15) is 11.8 Å². The van der Waals surface area contributed by atoms with E-state index in [0.717, 1.165) is 41.6 Å². The summed E-state index contributed by atoms with van der Waals surface area (Å²) < 4.78 is 0. The molecule has 4 atom stereocenters. The zero-order valence-corrected chi connectivity index (χ0v) is 16.0. The van der Waals surface area contributed by atoms with Gasteiger partial charge in [0.1, 0.15) is 0 Å². The average Bonchev–Trinajstić information content (AvgIpc) is 3.17. The Morgan fingerprint density at radius 1 is 1.28 bits per heavy atom. The number of carboxylic acid groups (broad SMARTS) is 1. The SMILES string of the molecule is Cc1cccc(CS[C@H]2[C@H]3CC[C@H](C3)[C@H]2CC=CCCCC(=O)O)c1. The van der Waals surface area contributed by atoms with Crippen LogP contribution in [0.25, 0.3) is 0 Å². The molecule has 1 aromatic rings. The van der Waals surface area contributed by atoms with E-state index >= 15 is 0 Å². The number of aryl methyl sites for hydroxylation is 1. The first-order chi connectivity index (χ1) is 12.1. The van der Waals surface area contributed by atoms with Crippen LogP contribution in [0.5, 0.6) is 0 Å². The van der Waals surface area contributed by atoms with Crippen molar-refractivity contribution in [1.29, 1.82) is 0 Å². The van der Waals surface area contributed by atoms with Crippen molar-refractivity contribution in [2.24, 2.45) is 17.8 Å². The second-order valence-corrected chi connectivity index (χ2v) is 8.92. The van der Waals surface area contributed by atoms with Gasteiger partial charge in [-0.1, -0.05) is 42.0 Å². The first-order valence-corrected chi connectivity index (χ1v) is 10.7. The highest BCUT2D eigenvalue weighted by Crippen LogP contribution is 2.54. The molecule has 2 fully saturated rings. The summed E-state index contributed by atoms with van der Waals surface area (Å²) in [4.78, 5) is 10.6. The number of carbonyl (C=O) groups is 1. The molecule has 2 aliphatic carbocycles. The highest BCUT2D eigenvalue weighted by molar-refractivity contribution is 7.99. The van der Waals surface area contributed by atoms with E-state index < -0.39 is 5.97 Å². The summed E-state index contributed by atoms with van der Waals surface area (Å²) >= 11 is 2.18. The highest BCUT2D eigenvalue weighted by Gasteiger charge is 2.46. The van der Waals surface area contributed by atoms with E-state index in [4.69, 9.17) is 5.11 Å². The summed E-state index contributed by atoms with van der Waals surface area (Å²) in [5, 5.41) is 9.50. The molecule has 25 heavy (non-hydrogen) atoms. The maximum absolute atomic E-state index is 10.6. The lowest BCUT2D eigenvalue weighted by Gasteiger charge is -2.30. The summed E-state index contributed by atoms with van der Waals surface area (Å²) in [5.41, 5.74) is 2.81. The first-order valence-electron chi connectivity index (χ1n) is 9.67. The first kappa shape index (κ1) is 18.6. The molecule has 2 aliphatic rings. The van der Waals surface area contributed by atoms with Gasteiger partial charge in [-0.25, -0.2) is 0 Å². The zero-order valence-electron chi connectivity index (χ0n) is 15.2. The Morgan fingerprint density at radius 3 is 2.92 bits per heavy atom. The number of carboxylic acids is 1. The van der Waals surface area contributed by atoms with Gasteiger partial charge in [-0.05, 0) is 68.8 Å². The van der Waals surface area contributed by atoms with Crippen molar-refractivity contribution < 1.29 is 9.90 Å². The van der Waals surface area contributed by atoms with Gasteiger partial charge in [0, 0.05) is 17.4 Å². The number of benzene rings is 1. The molecular weight excluding hydrogens is 328 g/mol. The molecule has 0 aliphatic heterocycles. The molecule has 1 N–H and O–H groups in total. The van der Waals surface area contributed by atoms with E-state index in [1.54, 1.807) is 0 Å². The number of allylic oxidation sites excluding steroid dienone is 2. The fourth-order valence-corrected chi connectivity index (χ4v) is 6.35. The minimum Gasteiger partial charge on any atom is -0.481 e. The van der Waals surface area contributed by atoms with Crippen LogP contribution in [0.1, 0.15) is 56.1 Å². The molecule has 2 bridgehead atoms. The monoisotopic (exact) mass is 358 g/mol. The maximum Gasteiger partial charge on any atom is 0.303 e. The van der Waals surface area contributed by atoms with Crippen molar-refractivity contribution in [1.82, 2.24) is 0 Å². The molecule has 0 amide bonds. The molecule has 1 aromatic carbocycles.